The van der Waals surface area contributed by atoms with E-state index in [0.29, 0.717) is 24.3 Å². The Bertz CT molecular complexity index is 1270. The van der Waals surface area contributed by atoms with E-state index < -0.39 is 23.8 Å². The molecule has 186 valence electrons. The lowest BCUT2D eigenvalue weighted by molar-refractivity contribution is -0.274. The van der Waals surface area contributed by atoms with Crippen LogP contribution in [0.4, 0.5) is 24.0 Å². The average molecular weight is 510 g/mol. The average Bonchev–Trinajstić information content (AvgIpc) is 3.42. The van der Waals surface area contributed by atoms with E-state index in [2.05, 4.69) is 14.7 Å². The molecule has 6 rings (SSSR count). The van der Waals surface area contributed by atoms with Crippen LogP contribution in [0.2, 0.25) is 0 Å². The second-order valence-corrected chi connectivity index (χ2v) is 10.1. The summed E-state index contributed by atoms with van der Waals surface area (Å²) < 4.78 is 55.0. The second kappa shape index (κ2) is 8.11. The number of hydrogen-bond donors (Lipinski definition) is 0. The lowest BCUT2D eigenvalue weighted by Gasteiger charge is -2.55. The number of alkyl halides is 3. The normalized spacial score (nSPS) is 20.1. The zero-order valence-electron chi connectivity index (χ0n) is 19.0. The molecule has 35 heavy (non-hydrogen) atoms. The quantitative estimate of drug-likeness (QED) is 0.459. The lowest BCUT2D eigenvalue weighted by Crippen LogP contribution is -2.70. The fraction of sp³-hybridized carbons (Fsp3) is 0.455. The highest BCUT2D eigenvalue weighted by molar-refractivity contribution is 7.07. The standard InChI is InChI=1S/C22H21F3N4O5S/c1-21(2,3)34-20(31)29-12-5-13(29)7-28(6-12)19-27-16-17(33-22(23,24)25)11(8-30)4-14(18(16)32-19)15-9-35-10-26-15/h4,8-10,12-13H,5-7H2,1-3H3. The number of thiazole rings is 1. The van der Waals surface area contributed by atoms with Gasteiger partial charge in [-0.1, -0.05) is 0 Å². The van der Waals surface area contributed by atoms with Gasteiger partial charge < -0.3 is 18.8 Å². The molecule has 3 aliphatic heterocycles. The van der Waals surface area contributed by atoms with E-state index in [1.807, 2.05) is 0 Å². The van der Waals surface area contributed by atoms with Crippen molar-refractivity contribution in [1.82, 2.24) is 14.9 Å². The Balaban J connectivity index is 1.51. The van der Waals surface area contributed by atoms with E-state index >= 15 is 0 Å². The highest BCUT2D eigenvalue weighted by Crippen LogP contribution is 2.42. The Morgan fingerprint density at radius 2 is 1.97 bits per heavy atom. The number of nitrogens with zero attached hydrogens (tertiary/aromatic N) is 4. The number of aromatic nitrogens is 2. The molecule has 2 atom stereocenters. The number of carbonyl (C=O) groups excluding carboxylic acids is 2. The van der Waals surface area contributed by atoms with Crippen LogP contribution in [0.1, 0.15) is 37.6 Å². The van der Waals surface area contributed by atoms with Crippen LogP contribution >= 0.6 is 11.3 Å². The van der Waals surface area contributed by atoms with Crippen LogP contribution < -0.4 is 9.64 Å². The Kier molecular flexibility index (Phi) is 5.42. The predicted molar refractivity (Wildman–Crippen MR) is 120 cm³/mol. The zero-order chi connectivity index (χ0) is 25.1. The van der Waals surface area contributed by atoms with Crippen LogP contribution in [0.3, 0.4) is 0 Å². The van der Waals surface area contributed by atoms with Crippen molar-refractivity contribution in [2.24, 2.45) is 0 Å². The van der Waals surface area contributed by atoms with Gasteiger partial charge >= 0.3 is 12.5 Å². The fourth-order valence-corrected chi connectivity index (χ4v) is 4.98. The van der Waals surface area contributed by atoms with Crippen LogP contribution in [0.5, 0.6) is 5.75 Å². The van der Waals surface area contributed by atoms with Gasteiger partial charge in [0.05, 0.1) is 28.9 Å². The van der Waals surface area contributed by atoms with E-state index in [9.17, 15) is 22.8 Å². The van der Waals surface area contributed by atoms with Crippen molar-refractivity contribution in [3.8, 4) is 17.0 Å². The zero-order valence-corrected chi connectivity index (χ0v) is 19.8. The van der Waals surface area contributed by atoms with Crippen LogP contribution in [-0.2, 0) is 4.74 Å². The van der Waals surface area contributed by atoms with Gasteiger partial charge in [-0.2, -0.15) is 4.98 Å². The van der Waals surface area contributed by atoms with Crippen molar-refractivity contribution in [2.75, 3.05) is 18.0 Å². The van der Waals surface area contributed by atoms with Gasteiger partial charge in [-0.3, -0.25) is 9.69 Å². The smallest absolute Gasteiger partial charge is 0.444 e. The van der Waals surface area contributed by atoms with E-state index in [1.54, 1.807) is 41.5 Å². The van der Waals surface area contributed by atoms with Crippen molar-refractivity contribution in [1.29, 1.82) is 0 Å². The summed E-state index contributed by atoms with van der Waals surface area (Å²) in [6.07, 6.45) is -4.39. The molecule has 3 aliphatic rings. The summed E-state index contributed by atoms with van der Waals surface area (Å²) in [5.74, 6) is -0.728. The summed E-state index contributed by atoms with van der Waals surface area (Å²) in [6, 6.07) is 1.03. The lowest BCUT2D eigenvalue weighted by atomic mass is 9.88. The Labute approximate surface area is 201 Å². The minimum atomic E-state index is -5.04. The van der Waals surface area contributed by atoms with Crippen molar-refractivity contribution in [3.63, 3.8) is 0 Å². The first-order chi connectivity index (χ1) is 16.4. The number of carbonyl (C=O) groups is 2. The Morgan fingerprint density at radius 1 is 1.26 bits per heavy atom. The first kappa shape index (κ1) is 23.4. The molecule has 0 spiro atoms. The van der Waals surface area contributed by atoms with Crippen LogP contribution in [0.15, 0.2) is 21.4 Å². The number of piperidine rings is 1. The molecule has 2 aromatic heterocycles. The molecule has 0 N–H and O–H groups in total. The minimum Gasteiger partial charge on any atom is -0.444 e. The monoisotopic (exact) mass is 510 g/mol. The summed E-state index contributed by atoms with van der Waals surface area (Å²) in [5, 5.41) is 1.69. The summed E-state index contributed by atoms with van der Waals surface area (Å²) in [6.45, 7) is 6.10. The molecule has 3 aromatic rings. The maximum atomic E-state index is 13.1. The van der Waals surface area contributed by atoms with Gasteiger partial charge in [0, 0.05) is 24.0 Å². The van der Waals surface area contributed by atoms with E-state index in [-0.39, 0.29) is 41.0 Å². The number of rotatable bonds is 4. The van der Waals surface area contributed by atoms with Crippen LogP contribution in [-0.4, -0.2) is 64.4 Å². The third-order valence-corrected chi connectivity index (χ3v) is 6.35. The van der Waals surface area contributed by atoms with Gasteiger partial charge in [0.2, 0.25) is 0 Å². The Morgan fingerprint density at radius 3 is 2.54 bits per heavy atom. The molecule has 2 unspecified atom stereocenters. The molecule has 0 radical (unpaired) electrons. The number of ether oxygens (including phenoxy) is 2. The first-order valence-corrected chi connectivity index (χ1v) is 11.7. The third-order valence-electron chi connectivity index (χ3n) is 5.76. The van der Waals surface area contributed by atoms with E-state index in [4.69, 9.17) is 9.15 Å². The summed E-state index contributed by atoms with van der Waals surface area (Å²) in [7, 11) is 0. The molecule has 13 heteroatoms. The molecular formula is C22H21F3N4O5S. The number of fused-ring (bicyclic) bond motifs is 3. The highest BCUT2D eigenvalue weighted by Gasteiger charge is 2.50. The van der Waals surface area contributed by atoms with Gasteiger partial charge in [0.15, 0.2) is 23.1 Å². The van der Waals surface area contributed by atoms with Gasteiger partial charge in [0.25, 0.3) is 6.01 Å². The number of piperazine rings is 1. The predicted octanol–water partition coefficient (Wildman–Crippen LogP) is 4.86. The largest absolute Gasteiger partial charge is 0.573 e. The second-order valence-electron chi connectivity index (χ2n) is 9.39. The number of anilines is 1. The molecular weight excluding hydrogens is 489 g/mol. The molecule has 0 aliphatic carbocycles. The number of aldehydes is 1. The number of oxazole rings is 1. The maximum Gasteiger partial charge on any atom is 0.573 e. The van der Waals surface area contributed by atoms with Crippen molar-refractivity contribution in [2.45, 2.75) is 51.2 Å². The number of amides is 1. The van der Waals surface area contributed by atoms with Gasteiger partial charge in [-0.15, -0.1) is 24.5 Å². The molecule has 0 saturated carbocycles. The number of halogens is 3. The van der Waals surface area contributed by atoms with Gasteiger partial charge in [-0.05, 0) is 33.3 Å². The first-order valence-electron chi connectivity index (χ1n) is 10.8. The Hall–Kier alpha value is -3.35. The summed E-state index contributed by atoms with van der Waals surface area (Å²) >= 11 is 1.29. The summed E-state index contributed by atoms with van der Waals surface area (Å²) in [5.41, 5.74) is 1.17. The minimum absolute atomic E-state index is 0.0268. The molecule has 5 heterocycles. The highest BCUT2D eigenvalue weighted by atomic mass is 32.1. The number of benzene rings is 1. The van der Waals surface area contributed by atoms with Crippen LogP contribution in [0.25, 0.3) is 22.4 Å². The van der Waals surface area contributed by atoms with Crippen molar-refractivity contribution >= 4 is 40.8 Å². The molecule has 2 bridgehead atoms. The molecule has 1 aromatic carbocycles. The van der Waals surface area contributed by atoms with Crippen molar-refractivity contribution < 1.29 is 36.7 Å². The van der Waals surface area contributed by atoms with Gasteiger partial charge in [-0.25, -0.2) is 9.78 Å². The van der Waals surface area contributed by atoms with Crippen LogP contribution in [0, 0.1) is 0 Å². The SMILES string of the molecule is CC(C)(C)OC(=O)N1C2CC1CN(c1nc3c(OC(F)(F)F)c(C=O)cc(-c4cscn4)c3o1)C2. The molecule has 9 nitrogen and oxygen atoms in total. The fourth-order valence-electron chi connectivity index (χ4n) is 4.43. The molecule has 3 saturated heterocycles. The third kappa shape index (κ3) is 4.40. The van der Waals surface area contributed by atoms with Gasteiger partial charge in [0.1, 0.15) is 5.60 Å². The number of hydrogen-bond acceptors (Lipinski definition) is 9. The van der Waals surface area contributed by atoms with E-state index in [0.717, 1.165) is 6.42 Å². The topological polar surface area (TPSA) is 98.0 Å². The molecule has 3 fully saturated rings. The van der Waals surface area contributed by atoms with E-state index in [1.165, 1.54) is 17.4 Å². The summed E-state index contributed by atoms with van der Waals surface area (Å²) in [4.78, 5) is 36.1. The maximum absolute atomic E-state index is 13.1. The molecule has 1 amide bonds. The van der Waals surface area contributed by atoms with Crippen molar-refractivity contribution in [3.05, 3.63) is 22.5 Å².